The number of imidazole rings is 1. The number of nitrogens with zero attached hydrogens (tertiary/aromatic N) is 3. The lowest BCUT2D eigenvalue weighted by Gasteiger charge is -2.01. The molecule has 0 saturated carbocycles. The van der Waals surface area contributed by atoms with E-state index in [1.165, 1.54) is 0 Å². The first kappa shape index (κ1) is 11.3. The predicted molar refractivity (Wildman–Crippen MR) is 69.8 cm³/mol. The van der Waals surface area contributed by atoms with E-state index in [1.807, 2.05) is 23.8 Å². The number of nitro benzene ring substituents is 1. The summed E-state index contributed by atoms with van der Waals surface area (Å²) < 4.78 is 2.05. The van der Waals surface area contributed by atoms with E-state index >= 15 is 0 Å². The summed E-state index contributed by atoms with van der Waals surface area (Å²) >= 11 is 1.68. The van der Waals surface area contributed by atoms with E-state index in [4.69, 9.17) is 0 Å². The summed E-state index contributed by atoms with van der Waals surface area (Å²) in [5, 5.41) is 12.0. The minimum atomic E-state index is -0.355. The van der Waals surface area contributed by atoms with E-state index < -0.39 is 0 Å². The highest BCUT2D eigenvalue weighted by Gasteiger charge is 2.21. The number of nitro groups is 1. The molecule has 5 nitrogen and oxygen atoms in total. The fourth-order valence-electron chi connectivity index (χ4n) is 2.05. The van der Waals surface area contributed by atoms with Crippen molar-refractivity contribution in [1.82, 2.24) is 9.55 Å². The van der Waals surface area contributed by atoms with Crippen LogP contribution in [-0.4, -0.2) is 20.2 Å². The first-order valence-corrected chi connectivity index (χ1v) is 6.59. The Bertz CT molecular complexity index is 615. The van der Waals surface area contributed by atoms with E-state index in [1.54, 1.807) is 23.9 Å². The number of fused-ring (bicyclic) bond motifs is 1. The Kier molecular flexibility index (Phi) is 2.59. The molecule has 1 aromatic carbocycles. The second-order valence-electron chi connectivity index (χ2n) is 4.23. The lowest BCUT2D eigenvalue weighted by molar-refractivity contribution is -0.384. The molecule has 0 amide bonds. The van der Waals surface area contributed by atoms with Gasteiger partial charge >= 0.3 is 0 Å². The number of hydrogen-bond acceptors (Lipinski definition) is 4. The van der Waals surface area contributed by atoms with Crippen molar-refractivity contribution in [2.24, 2.45) is 0 Å². The van der Waals surface area contributed by atoms with Crippen molar-refractivity contribution in [3.63, 3.8) is 0 Å². The standard InChI is InChI=1S/C12H11N3O2S/c1-8-2-3-11(15(16)17)9(6-8)10-7-14-4-5-18-12(14)13-10/h2-3,6-7H,4-5H2,1H3. The summed E-state index contributed by atoms with van der Waals surface area (Å²) in [4.78, 5) is 15.2. The molecule has 1 aromatic heterocycles. The van der Waals surface area contributed by atoms with Crippen molar-refractivity contribution >= 4 is 17.4 Å². The number of aromatic nitrogens is 2. The predicted octanol–water partition coefficient (Wildman–Crippen LogP) is 2.87. The van der Waals surface area contributed by atoms with Crippen molar-refractivity contribution in [2.45, 2.75) is 18.6 Å². The van der Waals surface area contributed by atoms with E-state index in [9.17, 15) is 10.1 Å². The lowest BCUT2D eigenvalue weighted by Crippen LogP contribution is -1.93. The summed E-state index contributed by atoms with van der Waals surface area (Å²) in [6, 6.07) is 5.11. The van der Waals surface area contributed by atoms with Gasteiger partial charge < -0.3 is 4.57 Å². The zero-order valence-corrected chi connectivity index (χ0v) is 10.6. The number of hydrogen-bond donors (Lipinski definition) is 0. The molecule has 0 radical (unpaired) electrons. The third-order valence-corrected chi connectivity index (χ3v) is 3.90. The van der Waals surface area contributed by atoms with Crippen LogP contribution in [0.1, 0.15) is 5.56 Å². The van der Waals surface area contributed by atoms with Crippen LogP contribution in [0.4, 0.5) is 5.69 Å². The van der Waals surface area contributed by atoms with Crippen LogP contribution >= 0.6 is 11.8 Å². The Morgan fingerprint density at radius 2 is 2.33 bits per heavy atom. The molecule has 2 heterocycles. The summed E-state index contributed by atoms with van der Waals surface area (Å²) in [6.45, 7) is 2.85. The van der Waals surface area contributed by atoms with Crippen molar-refractivity contribution < 1.29 is 4.92 Å². The maximum absolute atomic E-state index is 11.0. The van der Waals surface area contributed by atoms with E-state index in [0.29, 0.717) is 11.3 Å². The second-order valence-corrected chi connectivity index (χ2v) is 5.29. The smallest absolute Gasteiger partial charge is 0.278 e. The van der Waals surface area contributed by atoms with Gasteiger partial charge in [-0.15, -0.1) is 0 Å². The molecule has 3 rings (SSSR count). The fourth-order valence-corrected chi connectivity index (χ4v) is 3.00. The quantitative estimate of drug-likeness (QED) is 0.616. The molecule has 0 saturated heterocycles. The largest absolute Gasteiger partial charge is 0.325 e. The van der Waals surface area contributed by atoms with Gasteiger partial charge in [-0.3, -0.25) is 10.1 Å². The molecule has 0 atom stereocenters. The van der Waals surface area contributed by atoms with E-state index in [0.717, 1.165) is 23.0 Å². The van der Waals surface area contributed by atoms with Gasteiger partial charge in [-0.05, 0) is 18.6 Å². The van der Waals surface area contributed by atoms with Crippen LogP contribution in [0.2, 0.25) is 0 Å². The Morgan fingerprint density at radius 1 is 1.50 bits per heavy atom. The molecule has 0 N–H and O–H groups in total. The molecule has 2 aromatic rings. The zero-order valence-electron chi connectivity index (χ0n) is 9.79. The van der Waals surface area contributed by atoms with Gasteiger partial charge in [0.1, 0.15) is 0 Å². The lowest BCUT2D eigenvalue weighted by atomic mass is 10.1. The van der Waals surface area contributed by atoms with Gasteiger partial charge in [0.25, 0.3) is 5.69 Å². The van der Waals surface area contributed by atoms with Crippen LogP contribution < -0.4 is 0 Å². The Balaban J connectivity index is 2.14. The van der Waals surface area contributed by atoms with Gasteiger partial charge in [-0.1, -0.05) is 17.8 Å². The normalized spacial score (nSPS) is 13.6. The fraction of sp³-hybridized carbons (Fsp3) is 0.250. The summed E-state index contributed by atoms with van der Waals surface area (Å²) in [5.41, 5.74) is 2.40. The van der Waals surface area contributed by atoms with Gasteiger partial charge in [0.15, 0.2) is 5.16 Å². The number of aryl methyl sites for hydroxylation is 2. The maximum Gasteiger partial charge on any atom is 0.278 e. The monoisotopic (exact) mass is 261 g/mol. The second kappa shape index (κ2) is 4.13. The van der Waals surface area contributed by atoms with Gasteiger partial charge in [0.2, 0.25) is 0 Å². The zero-order chi connectivity index (χ0) is 12.7. The molecule has 6 heteroatoms. The molecule has 0 aliphatic carbocycles. The minimum absolute atomic E-state index is 0.113. The molecule has 0 fully saturated rings. The highest BCUT2D eigenvalue weighted by molar-refractivity contribution is 7.99. The third-order valence-electron chi connectivity index (χ3n) is 2.93. The summed E-state index contributed by atoms with van der Waals surface area (Å²) in [7, 11) is 0. The van der Waals surface area contributed by atoms with Crippen LogP contribution in [0.3, 0.4) is 0 Å². The van der Waals surface area contributed by atoms with Crippen molar-refractivity contribution in [2.75, 3.05) is 5.75 Å². The van der Waals surface area contributed by atoms with Crippen molar-refractivity contribution in [3.8, 4) is 11.3 Å². The van der Waals surface area contributed by atoms with Crippen LogP contribution in [0.15, 0.2) is 29.6 Å². The molecule has 0 bridgehead atoms. The highest BCUT2D eigenvalue weighted by Crippen LogP contribution is 2.33. The van der Waals surface area contributed by atoms with Gasteiger partial charge in [0.05, 0.1) is 16.2 Å². The van der Waals surface area contributed by atoms with E-state index in [-0.39, 0.29) is 10.6 Å². The molecule has 92 valence electrons. The molecular formula is C12H11N3O2S. The van der Waals surface area contributed by atoms with Crippen LogP contribution in [0, 0.1) is 17.0 Å². The Hall–Kier alpha value is -1.82. The number of benzene rings is 1. The number of thioether (sulfide) groups is 1. The van der Waals surface area contributed by atoms with Crippen molar-refractivity contribution in [1.29, 1.82) is 0 Å². The van der Waals surface area contributed by atoms with Crippen LogP contribution in [0.5, 0.6) is 0 Å². The van der Waals surface area contributed by atoms with Gasteiger partial charge in [-0.2, -0.15) is 0 Å². The molecular weight excluding hydrogens is 250 g/mol. The summed E-state index contributed by atoms with van der Waals surface area (Å²) in [6.07, 6.45) is 1.90. The first-order valence-electron chi connectivity index (χ1n) is 5.60. The molecule has 0 spiro atoms. The highest BCUT2D eigenvalue weighted by atomic mass is 32.2. The summed E-state index contributed by atoms with van der Waals surface area (Å²) in [5.74, 6) is 1.03. The Morgan fingerprint density at radius 3 is 3.06 bits per heavy atom. The Labute approximate surface area is 108 Å². The van der Waals surface area contributed by atoms with Crippen LogP contribution in [-0.2, 0) is 6.54 Å². The average Bonchev–Trinajstić information content (AvgIpc) is 2.88. The molecule has 0 unspecified atom stereocenters. The van der Waals surface area contributed by atoms with E-state index in [2.05, 4.69) is 4.98 Å². The average molecular weight is 261 g/mol. The maximum atomic E-state index is 11.0. The SMILES string of the molecule is Cc1ccc([N+](=O)[O-])c(-c2cn3c(n2)SCC3)c1. The van der Waals surface area contributed by atoms with Gasteiger partial charge in [0, 0.05) is 24.6 Å². The minimum Gasteiger partial charge on any atom is -0.325 e. The van der Waals surface area contributed by atoms with Crippen LogP contribution in [0.25, 0.3) is 11.3 Å². The molecule has 18 heavy (non-hydrogen) atoms. The van der Waals surface area contributed by atoms with Crippen molar-refractivity contribution in [3.05, 3.63) is 40.1 Å². The first-order chi connectivity index (χ1) is 8.65. The third kappa shape index (κ3) is 1.78. The topological polar surface area (TPSA) is 61.0 Å². The molecule has 1 aliphatic heterocycles. The van der Waals surface area contributed by atoms with Gasteiger partial charge in [-0.25, -0.2) is 4.98 Å². The number of rotatable bonds is 2. The molecule has 1 aliphatic rings.